The Morgan fingerprint density at radius 3 is 3.00 bits per heavy atom. The van der Waals surface area contributed by atoms with Crippen LogP contribution in [-0.4, -0.2) is 18.6 Å². The van der Waals surface area contributed by atoms with Crippen molar-refractivity contribution in [1.29, 1.82) is 0 Å². The summed E-state index contributed by atoms with van der Waals surface area (Å²) in [7, 11) is 0. The molecule has 1 aromatic rings. The van der Waals surface area contributed by atoms with Gasteiger partial charge in [-0.05, 0) is 25.5 Å². The van der Waals surface area contributed by atoms with Crippen molar-refractivity contribution in [2.24, 2.45) is 5.16 Å². The van der Waals surface area contributed by atoms with E-state index in [9.17, 15) is 4.79 Å². The van der Waals surface area contributed by atoms with Crippen molar-refractivity contribution < 1.29 is 9.63 Å². The Bertz CT molecular complexity index is 358. The van der Waals surface area contributed by atoms with Crippen LogP contribution in [0.4, 0.5) is 0 Å². The standard InChI is InChI=1S/C12H17NO2S/c1-3-4-9-15-13-8-7-11-5-6-12(16-11)10(2)14/h5-6,8H,3-4,7,9H2,1-2H3. The third kappa shape index (κ3) is 4.57. The van der Waals surface area contributed by atoms with E-state index in [2.05, 4.69) is 12.1 Å². The summed E-state index contributed by atoms with van der Waals surface area (Å²) >= 11 is 1.51. The number of rotatable bonds is 7. The summed E-state index contributed by atoms with van der Waals surface area (Å²) in [5.41, 5.74) is 0. The van der Waals surface area contributed by atoms with Gasteiger partial charge in [0.05, 0.1) is 4.88 Å². The maximum absolute atomic E-state index is 11.1. The first-order valence-corrected chi connectivity index (χ1v) is 6.29. The summed E-state index contributed by atoms with van der Waals surface area (Å²) < 4.78 is 0. The highest BCUT2D eigenvalue weighted by molar-refractivity contribution is 7.14. The largest absolute Gasteiger partial charge is 0.396 e. The van der Waals surface area contributed by atoms with Gasteiger partial charge in [0.25, 0.3) is 0 Å². The van der Waals surface area contributed by atoms with E-state index in [0.29, 0.717) is 6.61 Å². The molecule has 0 radical (unpaired) electrons. The molecule has 0 N–H and O–H groups in total. The van der Waals surface area contributed by atoms with Crippen molar-refractivity contribution in [3.05, 3.63) is 21.9 Å². The van der Waals surface area contributed by atoms with Crippen LogP contribution >= 0.6 is 11.3 Å². The van der Waals surface area contributed by atoms with Crippen LogP contribution in [0.5, 0.6) is 0 Å². The van der Waals surface area contributed by atoms with Crippen molar-refractivity contribution in [1.82, 2.24) is 0 Å². The van der Waals surface area contributed by atoms with E-state index in [4.69, 9.17) is 4.84 Å². The number of nitrogens with zero attached hydrogens (tertiary/aromatic N) is 1. The molecule has 0 unspecified atom stereocenters. The zero-order valence-electron chi connectivity index (χ0n) is 9.73. The summed E-state index contributed by atoms with van der Waals surface area (Å²) in [6.07, 6.45) is 4.61. The predicted octanol–water partition coefficient (Wildman–Crippen LogP) is 3.30. The minimum absolute atomic E-state index is 0.118. The van der Waals surface area contributed by atoms with Crippen molar-refractivity contribution >= 4 is 23.3 Å². The highest BCUT2D eigenvalue weighted by atomic mass is 32.1. The van der Waals surface area contributed by atoms with Crippen molar-refractivity contribution in [3.8, 4) is 0 Å². The van der Waals surface area contributed by atoms with E-state index in [1.54, 1.807) is 13.1 Å². The van der Waals surface area contributed by atoms with E-state index < -0.39 is 0 Å². The average molecular weight is 239 g/mol. The first kappa shape index (κ1) is 12.9. The molecule has 0 spiro atoms. The van der Waals surface area contributed by atoms with Gasteiger partial charge in [0.15, 0.2) is 5.78 Å². The van der Waals surface area contributed by atoms with Crippen LogP contribution in [0.15, 0.2) is 17.3 Å². The van der Waals surface area contributed by atoms with Crippen LogP contribution in [0.2, 0.25) is 0 Å². The molecule has 0 aliphatic rings. The van der Waals surface area contributed by atoms with Crippen LogP contribution in [-0.2, 0) is 11.3 Å². The van der Waals surface area contributed by atoms with Gasteiger partial charge in [0, 0.05) is 17.5 Å². The van der Waals surface area contributed by atoms with Crippen LogP contribution in [0.3, 0.4) is 0 Å². The lowest BCUT2D eigenvalue weighted by Gasteiger charge is -1.94. The molecule has 0 aliphatic carbocycles. The van der Waals surface area contributed by atoms with E-state index in [1.165, 1.54) is 11.3 Å². The van der Waals surface area contributed by atoms with Gasteiger partial charge in [-0.15, -0.1) is 11.3 Å². The number of carbonyl (C=O) groups excluding carboxylic acids is 1. The van der Waals surface area contributed by atoms with Gasteiger partial charge in [0.2, 0.25) is 0 Å². The first-order valence-electron chi connectivity index (χ1n) is 5.47. The quantitative estimate of drug-likeness (QED) is 0.317. The number of oxime groups is 1. The van der Waals surface area contributed by atoms with Gasteiger partial charge in [-0.1, -0.05) is 18.5 Å². The number of thiophene rings is 1. The predicted molar refractivity (Wildman–Crippen MR) is 67.4 cm³/mol. The Morgan fingerprint density at radius 2 is 2.38 bits per heavy atom. The second-order valence-electron chi connectivity index (χ2n) is 3.50. The molecular weight excluding hydrogens is 222 g/mol. The maximum Gasteiger partial charge on any atom is 0.169 e. The number of ketones is 1. The number of hydrogen-bond donors (Lipinski definition) is 0. The fourth-order valence-electron chi connectivity index (χ4n) is 1.12. The second-order valence-corrected chi connectivity index (χ2v) is 4.67. The molecule has 88 valence electrons. The van der Waals surface area contributed by atoms with Gasteiger partial charge in [-0.25, -0.2) is 0 Å². The molecule has 1 rings (SSSR count). The molecule has 16 heavy (non-hydrogen) atoms. The van der Waals surface area contributed by atoms with Gasteiger partial charge in [-0.2, -0.15) is 0 Å². The summed E-state index contributed by atoms with van der Waals surface area (Å²) in [6, 6.07) is 3.81. The minimum atomic E-state index is 0.118. The summed E-state index contributed by atoms with van der Waals surface area (Å²) in [5.74, 6) is 0.118. The van der Waals surface area contributed by atoms with Crippen molar-refractivity contribution in [2.75, 3.05) is 6.61 Å². The van der Waals surface area contributed by atoms with Gasteiger partial charge >= 0.3 is 0 Å². The Labute approximate surface area is 100 Å². The van der Waals surface area contributed by atoms with E-state index in [1.807, 2.05) is 12.1 Å². The number of unbranched alkanes of at least 4 members (excludes halogenated alkanes) is 1. The molecule has 1 aromatic heterocycles. The van der Waals surface area contributed by atoms with Crippen LogP contribution in [0, 0.1) is 0 Å². The Hall–Kier alpha value is -1.16. The fourth-order valence-corrected chi connectivity index (χ4v) is 1.97. The van der Waals surface area contributed by atoms with Crippen molar-refractivity contribution in [2.45, 2.75) is 33.1 Å². The third-order valence-corrected chi connectivity index (χ3v) is 3.25. The maximum atomic E-state index is 11.1. The highest BCUT2D eigenvalue weighted by Crippen LogP contribution is 2.16. The number of hydrogen-bond acceptors (Lipinski definition) is 4. The van der Waals surface area contributed by atoms with Crippen LogP contribution in [0.25, 0.3) is 0 Å². The Kier molecular flexibility index (Phi) is 5.78. The molecule has 4 heteroatoms. The second kappa shape index (κ2) is 7.17. The van der Waals surface area contributed by atoms with Gasteiger partial charge < -0.3 is 4.84 Å². The summed E-state index contributed by atoms with van der Waals surface area (Å²) in [6.45, 7) is 4.37. The summed E-state index contributed by atoms with van der Waals surface area (Å²) in [4.78, 5) is 18.0. The molecule has 0 saturated heterocycles. The topological polar surface area (TPSA) is 38.7 Å². The zero-order valence-corrected chi connectivity index (χ0v) is 10.5. The van der Waals surface area contributed by atoms with E-state index >= 15 is 0 Å². The highest BCUT2D eigenvalue weighted by Gasteiger charge is 2.02. The lowest BCUT2D eigenvalue weighted by Crippen LogP contribution is -1.88. The Morgan fingerprint density at radius 1 is 1.56 bits per heavy atom. The molecule has 0 bridgehead atoms. The van der Waals surface area contributed by atoms with Gasteiger partial charge in [0.1, 0.15) is 6.61 Å². The molecule has 0 saturated carbocycles. The van der Waals surface area contributed by atoms with Crippen molar-refractivity contribution in [3.63, 3.8) is 0 Å². The van der Waals surface area contributed by atoms with Crippen LogP contribution < -0.4 is 0 Å². The lowest BCUT2D eigenvalue weighted by molar-refractivity contribution is 0.102. The monoisotopic (exact) mass is 239 g/mol. The average Bonchev–Trinajstić information content (AvgIpc) is 2.72. The minimum Gasteiger partial charge on any atom is -0.396 e. The van der Waals surface area contributed by atoms with E-state index in [-0.39, 0.29) is 5.78 Å². The molecular formula is C12H17NO2S. The number of carbonyl (C=O) groups is 1. The molecule has 3 nitrogen and oxygen atoms in total. The molecule has 0 atom stereocenters. The van der Waals surface area contributed by atoms with E-state index in [0.717, 1.165) is 29.0 Å². The third-order valence-electron chi connectivity index (χ3n) is 2.04. The number of Topliss-reactive ketones (excluding diaryl/α,β-unsaturated/α-hetero) is 1. The SMILES string of the molecule is CCCCON=CCc1ccc(C(C)=O)s1. The molecule has 1 heterocycles. The lowest BCUT2D eigenvalue weighted by atomic mass is 10.3. The molecule has 0 aliphatic heterocycles. The summed E-state index contributed by atoms with van der Waals surface area (Å²) in [5, 5.41) is 3.86. The molecule has 0 aromatic carbocycles. The van der Waals surface area contributed by atoms with Gasteiger partial charge in [-0.3, -0.25) is 4.79 Å². The smallest absolute Gasteiger partial charge is 0.169 e. The first-order chi connectivity index (χ1) is 7.74. The molecule has 0 fully saturated rings. The zero-order chi connectivity index (χ0) is 11.8. The van der Waals surface area contributed by atoms with Crippen LogP contribution in [0.1, 0.15) is 41.2 Å². The Balaban J connectivity index is 2.28. The fraction of sp³-hybridized carbons (Fsp3) is 0.500. The molecule has 0 amide bonds. The normalized spacial score (nSPS) is 10.9.